The molecule has 0 bridgehead atoms. The molecular weight excluding hydrogens is 190 g/mol. The van der Waals surface area contributed by atoms with Crippen molar-refractivity contribution in [2.75, 3.05) is 13.6 Å². The van der Waals surface area contributed by atoms with Crippen LogP contribution in [0.2, 0.25) is 0 Å². The summed E-state index contributed by atoms with van der Waals surface area (Å²) in [5.41, 5.74) is 2.94. The second kappa shape index (κ2) is 3.52. The van der Waals surface area contributed by atoms with Gasteiger partial charge in [0.15, 0.2) is 0 Å². The van der Waals surface area contributed by atoms with Crippen molar-refractivity contribution in [1.29, 1.82) is 5.26 Å². The molecule has 0 aromatic carbocycles. The summed E-state index contributed by atoms with van der Waals surface area (Å²) in [5, 5.41) is 8.88. The Kier molecular flexibility index (Phi) is 2.33. The third-order valence-corrected chi connectivity index (χ3v) is 2.97. The SMILES string of the molecule is Cc1c2c([nH]c(=O)c1C#N)CCN(C)C2. The van der Waals surface area contributed by atoms with Crippen LogP contribution in [0.1, 0.15) is 22.4 Å². The summed E-state index contributed by atoms with van der Waals surface area (Å²) < 4.78 is 0. The zero-order chi connectivity index (χ0) is 11.0. The largest absolute Gasteiger partial charge is 0.325 e. The highest BCUT2D eigenvalue weighted by Crippen LogP contribution is 2.19. The van der Waals surface area contributed by atoms with Gasteiger partial charge in [-0.1, -0.05) is 0 Å². The van der Waals surface area contributed by atoms with Gasteiger partial charge in [-0.3, -0.25) is 4.79 Å². The maximum Gasteiger partial charge on any atom is 0.266 e. The fourth-order valence-electron chi connectivity index (χ4n) is 2.04. The van der Waals surface area contributed by atoms with Gasteiger partial charge in [0.1, 0.15) is 11.6 Å². The van der Waals surface area contributed by atoms with Crippen LogP contribution < -0.4 is 5.56 Å². The van der Waals surface area contributed by atoms with Crippen LogP contribution in [0.5, 0.6) is 0 Å². The lowest BCUT2D eigenvalue weighted by Crippen LogP contribution is -2.31. The van der Waals surface area contributed by atoms with Crippen LogP contribution in [0.15, 0.2) is 4.79 Å². The van der Waals surface area contributed by atoms with Crippen LogP contribution >= 0.6 is 0 Å². The van der Waals surface area contributed by atoms with E-state index in [1.165, 1.54) is 0 Å². The quantitative estimate of drug-likeness (QED) is 0.669. The fraction of sp³-hybridized carbons (Fsp3) is 0.455. The van der Waals surface area contributed by atoms with Crippen LogP contribution in [0.4, 0.5) is 0 Å². The molecule has 15 heavy (non-hydrogen) atoms. The number of pyridine rings is 1. The molecule has 4 nitrogen and oxygen atoms in total. The number of hydrogen-bond acceptors (Lipinski definition) is 3. The van der Waals surface area contributed by atoms with Crippen molar-refractivity contribution in [3.8, 4) is 6.07 Å². The first kappa shape index (κ1) is 9.94. The summed E-state index contributed by atoms with van der Waals surface area (Å²) in [4.78, 5) is 16.5. The van der Waals surface area contributed by atoms with Gasteiger partial charge in [-0.15, -0.1) is 0 Å². The Morgan fingerprint density at radius 3 is 2.93 bits per heavy atom. The first-order chi connectivity index (χ1) is 7.13. The summed E-state index contributed by atoms with van der Waals surface area (Å²) in [5.74, 6) is 0. The third-order valence-electron chi connectivity index (χ3n) is 2.97. The number of fused-ring (bicyclic) bond motifs is 1. The Bertz CT molecular complexity index is 496. The summed E-state index contributed by atoms with van der Waals surface area (Å²) in [6.45, 7) is 3.62. The zero-order valence-corrected chi connectivity index (χ0v) is 8.92. The predicted molar refractivity (Wildman–Crippen MR) is 56.6 cm³/mol. The maximum atomic E-state index is 11.5. The number of nitrogens with one attached hydrogen (secondary N) is 1. The van der Waals surface area contributed by atoms with Crippen LogP contribution in [-0.2, 0) is 13.0 Å². The van der Waals surface area contributed by atoms with Crippen molar-refractivity contribution in [3.63, 3.8) is 0 Å². The molecule has 4 heteroatoms. The van der Waals surface area contributed by atoms with Gasteiger partial charge in [-0.25, -0.2) is 0 Å². The first-order valence-electron chi connectivity index (χ1n) is 4.96. The van der Waals surface area contributed by atoms with Crippen molar-refractivity contribution in [2.24, 2.45) is 0 Å². The van der Waals surface area contributed by atoms with Gasteiger partial charge < -0.3 is 9.88 Å². The number of rotatable bonds is 0. The second-order valence-corrected chi connectivity index (χ2v) is 4.01. The summed E-state index contributed by atoms with van der Waals surface area (Å²) in [6.07, 6.45) is 0.855. The number of hydrogen-bond donors (Lipinski definition) is 1. The second-order valence-electron chi connectivity index (χ2n) is 4.01. The van der Waals surface area contributed by atoms with Gasteiger partial charge in [0.05, 0.1) is 0 Å². The molecule has 0 fully saturated rings. The Balaban J connectivity index is 2.66. The minimum atomic E-state index is -0.252. The van der Waals surface area contributed by atoms with Crippen LogP contribution in [0.25, 0.3) is 0 Å². The van der Waals surface area contributed by atoms with Gasteiger partial charge >= 0.3 is 0 Å². The van der Waals surface area contributed by atoms with Gasteiger partial charge in [0.25, 0.3) is 5.56 Å². The summed E-state index contributed by atoms with van der Waals surface area (Å²) in [7, 11) is 2.04. The Hall–Kier alpha value is -1.60. The lowest BCUT2D eigenvalue weighted by Gasteiger charge is -2.26. The van der Waals surface area contributed by atoms with E-state index in [1.807, 2.05) is 20.0 Å². The van der Waals surface area contributed by atoms with Crippen molar-refractivity contribution in [3.05, 3.63) is 32.7 Å². The maximum absolute atomic E-state index is 11.5. The van der Waals surface area contributed by atoms with Crippen LogP contribution in [-0.4, -0.2) is 23.5 Å². The number of nitrogens with zero attached hydrogens (tertiary/aromatic N) is 2. The molecule has 0 aliphatic carbocycles. The van der Waals surface area contributed by atoms with E-state index in [1.54, 1.807) is 0 Å². The predicted octanol–water partition coefficient (Wildman–Crippen LogP) is 0.543. The van der Waals surface area contributed by atoms with E-state index in [9.17, 15) is 4.79 Å². The molecule has 1 aromatic heterocycles. The molecule has 0 unspecified atom stereocenters. The molecule has 2 heterocycles. The Labute approximate surface area is 88.1 Å². The van der Waals surface area contributed by atoms with Crippen molar-refractivity contribution >= 4 is 0 Å². The molecular formula is C11H13N3O. The van der Waals surface area contributed by atoms with E-state index in [2.05, 4.69) is 9.88 Å². The number of likely N-dealkylation sites (N-methyl/N-ethyl adjacent to an activating group) is 1. The highest BCUT2D eigenvalue weighted by atomic mass is 16.1. The summed E-state index contributed by atoms with van der Waals surface area (Å²) in [6, 6.07) is 1.97. The standard InChI is InChI=1S/C11H13N3O/c1-7-8(5-12)11(15)13-10-3-4-14(2)6-9(7)10/h3-4,6H2,1-2H3,(H,13,15). The Morgan fingerprint density at radius 2 is 2.27 bits per heavy atom. The number of aromatic amines is 1. The van der Waals surface area contributed by atoms with Crippen LogP contribution in [0.3, 0.4) is 0 Å². The normalized spacial score (nSPS) is 15.8. The molecule has 1 aliphatic rings. The highest BCUT2D eigenvalue weighted by Gasteiger charge is 2.19. The van der Waals surface area contributed by atoms with Crippen molar-refractivity contribution in [2.45, 2.75) is 19.9 Å². The first-order valence-corrected chi connectivity index (χ1v) is 4.96. The molecule has 1 aromatic rings. The van der Waals surface area contributed by atoms with E-state index in [4.69, 9.17) is 5.26 Å². The van der Waals surface area contributed by atoms with E-state index >= 15 is 0 Å². The average Bonchev–Trinajstić information content (AvgIpc) is 2.20. The topological polar surface area (TPSA) is 59.9 Å². The molecule has 1 N–H and O–H groups in total. The minimum Gasteiger partial charge on any atom is -0.325 e. The van der Waals surface area contributed by atoms with Crippen LogP contribution in [0, 0.1) is 18.3 Å². The number of nitriles is 1. The minimum absolute atomic E-state index is 0.252. The molecule has 2 rings (SSSR count). The molecule has 0 radical (unpaired) electrons. The van der Waals surface area contributed by atoms with Crippen molar-refractivity contribution in [1.82, 2.24) is 9.88 Å². The smallest absolute Gasteiger partial charge is 0.266 e. The van der Waals surface area contributed by atoms with E-state index in [-0.39, 0.29) is 11.1 Å². The summed E-state index contributed by atoms with van der Waals surface area (Å²) >= 11 is 0. The molecule has 0 amide bonds. The van der Waals surface area contributed by atoms with Gasteiger partial charge in [0.2, 0.25) is 0 Å². The lowest BCUT2D eigenvalue weighted by atomic mass is 9.98. The number of H-pyrrole nitrogens is 1. The van der Waals surface area contributed by atoms with E-state index < -0.39 is 0 Å². The number of aromatic nitrogens is 1. The molecule has 0 atom stereocenters. The molecule has 0 spiro atoms. The van der Waals surface area contributed by atoms with Crippen molar-refractivity contribution < 1.29 is 0 Å². The van der Waals surface area contributed by atoms with E-state index in [0.717, 1.165) is 36.3 Å². The average molecular weight is 203 g/mol. The monoisotopic (exact) mass is 203 g/mol. The molecule has 1 aliphatic heterocycles. The fourth-order valence-corrected chi connectivity index (χ4v) is 2.04. The molecule has 78 valence electrons. The highest BCUT2D eigenvalue weighted by molar-refractivity contribution is 5.43. The van der Waals surface area contributed by atoms with Gasteiger partial charge in [-0.2, -0.15) is 5.26 Å². The molecule has 0 saturated heterocycles. The van der Waals surface area contributed by atoms with E-state index in [0.29, 0.717) is 0 Å². The molecule has 0 saturated carbocycles. The van der Waals surface area contributed by atoms with Gasteiger partial charge in [0, 0.05) is 25.2 Å². The third kappa shape index (κ3) is 1.55. The lowest BCUT2D eigenvalue weighted by molar-refractivity contribution is 0.308. The Morgan fingerprint density at radius 1 is 1.53 bits per heavy atom. The zero-order valence-electron chi connectivity index (χ0n) is 8.92. The van der Waals surface area contributed by atoms with Gasteiger partial charge in [-0.05, 0) is 25.1 Å².